The quantitative estimate of drug-likeness (QED) is 0.740. The Morgan fingerprint density at radius 2 is 2.21 bits per heavy atom. The molecule has 0 atom stereocenters. The van der Waals surface area contributed by atoms with E-state index >= 15 is 0 Å². The minimum absolute atomic E-state index is 0.370. The van der Waals surface area contributed by atoms with Gasteiger partial charge in [0.1, 0.15) is 11.6 Å². The predicted molar refractivity (Wildman–Crippen MR) is 50.5 cm³/mol. The van der Waals surface area contributed by atoms with E-state index in [1.165, 1.54) is 10.7 Å². The number of hydrogen-bond donors (Lipinski definition) is 1. The van der Waals surface area contributed by atoms with Gasteiger partial charge in [0.25, 0.3) is 0 Å². The Morgan fingerprint density at radius 3 is 2.71 bits per heavy atom. The third-order valence-corrected chi connectivity index (χ3v) is 1.88. The number of anilines is 1. The lowest BCUT2D eigenvalue weighted by Crippen LogP contribution is -1.98. The summed E-state index contributed by atoms with van der Waals surface area (Å²) in [6, 6.07) is 2.87. The van der Waals surface area contributed by atoms with Crippen molar-refractivity contribution < 1.29 is 4.39 Å². The zero-order chi connectivity index (χ0) is 10.1. The molecule has 0 fully saturated rings. The van der Waals surface area contributed by atoms with Gasteiger partial charge in [0.15, 0.2) is 5.82 Å². The van der Waals surface area contributed by atoms with Crippen molar-refractivity contribution >= 4 is 5.82 Å². The first-order valence-electron chi connectivity index (χ1n) is 4.10. The van der Waals surface area contributed by atoms with E-state index in [0.717, 1.165) is 11.8 Å². The molecule has 72 valence electrons. The van der Waals surface area contributed by atoms with Gasteiger partial charge in [-0.15, -0.1) is 5.10 Å². The number of halogens is 1. The summed E-state index contributed by atoms with van der Waals surface area (Å²) in [6.07, 6.45) is 2.89. The van der Waals surface area contributed by atoms with E-state index in [0.29, 0.717) is 11.6 Å². The maximum absolute atomic E-state index is 12.6. The first kappa shape index (κ1) is 8.68. The predicted octanol–water partition coefficient (Wildman–Crippen LogP) is 1.30. The van der Waals surface area contributed by atoms with E-state index in [-0.39, 0.29) is 5.82 Å². The van der Waals surface area contributed by atoms with Crippen molar-refractivity contribution in [1.82, 2.24) is 14.8 Å². The third-order valence-electron chi connectivity index (χ3n) is 1.88. The summed E-state index contributed by atoms with van der Waals surface area (Å²) in [6.45, 7) is 1.85. The van der Waals surface area contributed by atoms with Crippen molar-refractivity contribution in [3.8, 4) is 5.82 Å². The molecule has 2 aromatic heterocycles. The third kappa shape index (κ3) is 1.44. The molecule has 0 aromatic carbocycles. The van der Waals surface area contributed by atoms with Crippen LogP contribution in [0.4, 0.5) is 10.2 Å². The van der Waals surface area contributed by atoms with Gasteiger partial charge in [-0.2, -0.15) is 0 Å². The van der Waals surface area contributed by atoms with E-state index in [4.69, 9.17) is 5.73 Å². The Balaban J connectivity index is 2.44. The van der Waals surface area contributed by atoms with Crippen LogP contribution < -0.4 is 5.73 Å². The summed E-state index contributed by atoms with van der Waals surface area (Å²) in [4.78, 5) is 3.87. The first-order chi connectivity index (χ1) is 6.66. The van der Waals surface area contributed by atoms with Crippen LogP contribution in [0.15, 0.2) is 24.5 Å². The highest BCUT2D eigenvalue weighted by molar-refractivity contribution is 5.38. The molecule has 0 aliphatic carbocycles. The van der Waals surface area contributed by atoms with E-state index < -0.39 is 0 Å². The molecule has 5 heteroatoms. The van der Waals surface area contributed by atoms with Crippen LogP contribution in [0.5, 0.6) is 0 Å². The van der Waals surface area contributed by atoms with Gasteiger partial charge in [0.2, 0.25) is 0 Å². The van der Waals surface area contributed by atoms with Crippen molar-refractivity contribution in [3.05, 3.63) is 35.9 Å². The second-order valence-electron chi connectivity index (χ2n) is 2.98. The Bertz CT molecular complexity index is 427. The lowest BCUT2D eigenvalue weighted by Gasteiger charge is -1.97. The highest BCUT2D eigenvalue weighted by Crippen LogP contribution is 2.10. The topological polar surface area (TPSA) is 56.7 Å². The largest absolute Gasteiger partial charge is 0.382 e. The second kappa shape index (κ2) is 3.10. The number of hydrogen-bond acceptors (Lipinski definition) is 3. The van der Waals surface area contributed by atoms with Gasteiger partial charge in [-0.05, 0) is 19.1 Å². The van der Waals surface area contributed by atoms with Crippen LogP contribution in [0.3, 0.4) is 0 Å². The van der Waals surface area contributed by atoms with E-state index in [9.17, 15) is 4.39 Å². The molecular weight excluding hydrogens is 183 g/mol. The van der Waals surface area contributed by atoms with Gasteiger partial charge in [-0.3, -0.25) is 0 Å². The molecule has 0 aliphatic rings. The van der Waals surface area contributed by atoms with Crippen molar-refractivity contribution in [3.63, 3.8) is 0 Å². The molecule has 0 aliphatic heterocycles. The molecule has 0 radical (unpaired) electrons. The summed E-state index contributed by atoms with van der Waals surface area (Å²) in [5, 5.41) is 4.02. The van der Waals surface area contributed by atoms with Crippen LogP contribution in [-0.2, 0) is 0 Å². The van der Waals surface area contributed by atoms with E-state index in [1.54, 1.807) is 12.3 Å². The van der Waals surface area contributed by atoms with Crippen molar-refractivity contribution in [2.24, 2.45) is 0 Å². The van der Waals surface area contributed by atoms with Crippen molar-refractivity contribution in [1.29, 1.82) is 0 Å². The van der Waals surface area contributed by atoms with Gasteiger partial charge >= 0.3 is 0 Å². The molecule has 2 heterocycles. The summed E-state index contributed by atoms with van der Waals surface area (Å²) < 4.78 is 14.1. The average Bonchev–Trinajstić information content (AvgIpc) is 2.48. The van der Waals surface area contributed by atoms with Gasteiger partial charge in [0.05, 0.1) is 6.20 Å². The molecule has 0 saturated heterocycles. The molecule has 2 rings (SSSR count). The maximum atomic E-state index is 12.6. The Morgan fingerprint density at radius 1 is 1.43 bits per heavy atom. The lowest BCUT2D eigenvalue weighted by molar-refractivity contribution is 0.619. The summed E-state index contributed by atoms with van der Waals surface area (Å²) in [5.74, 6) is 0.632. The van der Waals surface area contributed by atoms with Crippen LogP contribution >= 0.6 is 0 Å². The molecule has 0 spiro atoms. The Kier molecular flexibility index (Phi) is 1.92. The van der Waals surface area contributed by atoms with Crippen LogP contribution in [0, 0.1) is 12.7 Å². The van der Waals surface area contributed by atoms with Crippen LogP contribution in [0.2, 0.25) is 0 Å². The van der Waals surface area contributed by atoms with E-state index in [1.807, 2.05) is 6.92 Å². The molecule has 2 aromatic rings. The highest BCUT2D eigenvalue weighted by atomic mass is 19.1. The molecule has 2 N–H and O–H groups in total. The lowest BCUT2D eigenvalue weighted by atomic mass is 10.4. The van der Waals surface area contributed by atoms with Gasteiger partial charge in [0, 0.05) is 11.8 Å². The average molecular weight is 192 g/mol. The van der Waals surface area contributed by atoms with Gasteiger partial charge in [-0.25, -0.2) is 14.1 Å². The van der Waals surface area contributed by atoms with Crippen molar-refractivity contribution in [2.75, 3.05) is 5.73 Å². The first-order valence-corrected chi connectivity index (χ1v) is 4.10. The molecule has 0 amide bonds. The maximum Gasteiger partial charge on any atom is 0.153 e. The number of aromatic nitrogens is 3. The number of nitrogens with zero attached hydrogens (tertiary/aromatic N) is 3. The summed E-state index contributed by atoms with van der Waals surface area (Å²) in [7, 11) is 0. The monoisotopic (exact) mass is 192 g/mol. The van der Waals surface area contributed by atoms with Crippen molar-refractivity contribution in [2.45, 2.75) is 6.92 Å². The summed E-state index contributed by atoms with van der Waals surface area (Å²) >= 11 is 0. The standard InChI is InChI=1S/C9H9FN4/c1-6-5-14(13-9(6)11)8-3-2-7(10)4-12-8/h2-5H,1H3,(H2,11,13). The smallest absolute Gasteiger partial charge is 0.153 e. The fourth-order valence-electron chi connectivity index (χ4n) is 1.09. The fourth-order valence-corrected chi connectivity index (χ4v) is 1.09. The minimum Gasteiger partial charge on any atom is -0.382 e. The molecule has 0 bridgehead atoms. The summed E-state index contributed by atoms with van der Waals surface area (Å²) in [5.41, 5.74) is 6.45. The Labute approximate surface area is 80.2 Å². The minimum atomic E-state index is -0.370. The zero-order valence-electron chi connectivity index (χ0n) is 7.61. The van der Waals surface area contributed by atoms with Crippen LogP contribution in [0.25, 0.3) is 5.82 Å². The highest BCUT2D eigenvalue weighted by Gasteiger charge is 2.03. The van der Waals surface area contributed by atoms with Gasteiger partial charge < -0.3 is 5.73 Å². The second-order valence-corrected chi connectivity index (χ2v) is 2.98. The number of aryl methyl sites for hydroxylation is 1. The SMILES string of the molecule is Cc1cn(-c2ccc(F)cn2)nc1N. The fraction of sp³-hybridized carbons (Fsp3) is 0.111. The Hall–Kier alpha value is -1.91. The van der Waals surface area contributed by atoms with Gasteiger partial charge in [-0.1, -0.05) is 0 Å². The van der Waals surface area contributed by atoms with Crippen LogP contribution in [-0.4, -0.2) is 14.8 Å². The normalized spacial score (nSPS) is 10.4. The van der Waals surface area contributed by atoms with E-state index in [2.05, 4.69) is 10.1 Å². The molecular formula is C9H9FN4. The van der Waals surface area contributed by atoms with Crippen LogP contribution in [0.1, 0.15) is 5.56 Å². The number of rotatable bonds is 1. The number of nitrogens with two attached hydrogens (primary N) is 1. The molecule has 14 heavy (non-hydrogen) atoms. The molecule has 4 nitrogen and oxygen atoms in total. The zero-order valence-corrected chi connectivity index (χ0v) is 7.61. The number of pyridine rings is 1. The number of nitrogen functional groups attached to an aromatic ring is 1. The molecule has 0 unspecified atom stereocenters. The molecule has 0 saturated carbocycles.